The second kappa shape index (κ2) is 7.93. The van der Waals surface area contributed by atoms with Crippen molar-refractivity contribution in [3.8, 4) is 0 Å². The minimum Gasteiger partial charge on any atom is -0.372 e. The molecule has 18 heavy (non-hydrogen) atoms. The Morgan fingerprint density at radius 1 is 1.44 bits per heavy atom. The van der Waals surface area contributed by atoms with E-state index in [1.165, 1.54) is 23.4 Å². The summed E-state index contributed by atoms with van der Waals surface area (Å²) in [7, 11) is 4.12. The van der Waals surface area contributed by atoms with Gasteiger partial charge in [-0.3, -0.25) is 0 Å². The lowest BCUT2D eigenvalue weighted by atomic mass is 10.1. The molecule has 0 aromatic heterocycles. The van der Waals surface area contributed by atoms with Gasteiger partial charge in [-0.05, 0) is 56.2 Å². The number of benzene rings is 1. The zero-order valence-corrected chi connectivity index (χ0v) is 13.2. The quantitative estimate of drug-likeness (QED) is 0.824. The maximum absolute atomic E-state index is 6.07. The molecule has 0 aliphatic carbocycles. The standard InChI is InChI=1S/C14H23ClN2S/c1-11(7-8-18-4)17(3)14-6-5-13(15)9-12(14)10-16-2/h5-6,9,11,16H,7-8,10H2,1-4H3. The molecule has 4 heteroatoms. The zero-order valence-electron chi connectivity index (χ0n) is 11.7. The van der Waals surface area contributed by atoms with E-state index in [0.29, 0.717) is 6.04 Å². The third kappa shape index (κ3) is 4.38. The summed E-state index contributed by atoms with van der Waals surface area (Å²) in [5, 5.41) is 4.00. The van der Waals surface area contributed by atoms with Crippen LogP contribution in [0.3, 0.4) is 0 Å². The van der Waals surface area contributed by atoms with Gasteiger partial charge in [0.15, 0.2) is 0 Å². The lowest BCUT2D eigenvalue weighted by Gasteiger charge is -2.29. The van der Waals surface area contributed by atoms with E-state index in [2.05, 4.69) is 36.5 Å². The first kappa shape index (κ1) is 15.7. The minimum atomic E-state index is 0.536. The highest BCUT2D eigenvalue weighted by atomic mass is 35.5. The van der Waals surface area contributed by atoms with Crippen LogP contribution in [-0.4, -0.2) is 32.1 Å². The van der Waals surface area contributed by atoms with Gasteiger partial charge >= 0.3 is 0 Å². The molecule has 2 nitrogen and oxygen atoms in total. The van der Waals surface area contributed by atoms with E-state index in [1.54, 1.807) is 0 Å². The smallest absolute Gasteiger partial charge is 0.0412 e. The van der Waals surface area contributed by atoms with Crippen LogP contribution < -0.4 is 10.2 Å². The van der Waals surface area contributed by atoms with Crippen LogP contribution >= 0.6 is 23.4 Å². The Kier molecular flexibility index (Phi) is 6.90. The van der Waals surface area contributed by atoms with Crippen LogP contribution in [-0.2, 0) is 6.54 Å². The van der Waals surface area contributed by atoms with Crippen molar-refractivity contribution >= 4 is 29.1 Å². The predicted molar refractivity (Wildman–Crippen MR) is 85.1 cm³/mol. The molecule has 1 atom stereocenters. The Bertz CT molecular complexity index is 371. The number of rotatable bonds is 7. The first-order valence-corrected chi connectivity index (χ1v) is 8.02. The number of hydrogen-bond donors (Lipinski definition) is 1. The summed E-state index contributed by atoms with van der Waals surface area (Å²) in [6.07, 6.45) is 3.35. The second-order valence-electron chi connectivity index (χ2n) is 4.54. The molecule has 0 saturated carbocycles. The van der Waals surface area contributed by atoms with Gasteiger partial charge in [0.1, 0.15) is 0 Å². The van der Waals surface area contributed by atoms with Gasteiger partial charge in [-0.15, -0.1) is 0 Å². The largest absolute Gasteiger partial charge is 0.372 e. The van der Waals surface area contributed by atoms with Gasteiger partial charge in [0.2, 0.25) is 0 Å². The Balaban J connectivity index is 2.86. The summed E-state index contributed by atoms with van der Waals surface area (Å²) in [6, 6.07) is 6.66. The average Bonchev–Trinajstić information content (AvgIpc) is 2.36. The van der Waals surface area contributed by atoms with Crippen LogP contribution in [0.5, 0.6) is 0 Å². The van der Waals surface area contributed by atoms with Gasteiger partial charge in [-0.25, -0.2) is 0 Å². The summed E-state index contributed by atoms with van der Waals surface area (Å²) in [5.41, 5.74) is 2.52. The molecule has 0 aliphatic rings. The Hall–Kier alpha value is -0.380. The van der Waals surface area contributed by atoms with Crippen molar-refractivity contribution in [1.29, 1.82) is 0 Å². The molecule has 0 aliphatic heterocycles. The van der Waals surface area contributed by atoms with E-state index >= 15 is 0 Å². The van der Waals surface area contributed by atoms with E-state index in [-0.39, 0.29) is 0 Å². The third-order valence-electron chi connectivity index (χ3n) is 3.19. The molecule has 0 saturated heterocycles. The van der Waals surface area contributed by atoms with Crippen LogP contribution in [0.4, 0.5) is 5.69 Å². The van der Waals surface area contributed by atoms with Gasteiger partial charge < -0.3 is 10.2 Å². The van der Waals surface area contributed by atoms with Gasteiger partial charge in [0.25, 0.3) is 0 Å². The van der Waals surface area contributed by atoms with E-state index in [0.717, 1.165) is 11.6 Å². The van der Waals surface area contributed by atoms with E-state index in [1.807, 2.05) is 30.9 Å². The van der Waals surface area contributed by atoms with Crippen LogP contribution in [0.15, 0.2) is 18.2 Å². The monoisotopic (exact) mass is 286 g/mol. The first-order valence-electron chi connectivity index (χ1n) is 6.25. The molecule has 1 N–H and O–H groups in total. The highest BCUT2D eigenvalue weighted by molar-refractivity contribution is 7.98. The number of nitrogens with zero attached hydrogens (tertiary/aromatic N) is 1. The number of hydrogen-bond acceptors (Lipinski definition) is 3. The van der Waals surface area contributed by atoms with Crippen molar-refractivity contribution in [2.45, 2.75) is 25.9 Å². The topological polar surface area (TPSA) is 15.3 Å². The molecule has 1 rings (SSSR count). The summed E-state index contributed by atoms with van der Waals surface area (Å²) in [4.78, 5) is 2.35. The van der Waals surface area contributed by atoms with Crippen LogP contribution in [0.2, 0.25) is 5.02 Å². The van der Waals surface area contributed by atoms with Crippen molar-refractivity contribution in [1.82, 2.24) is 5.32 Å². The second-order valence-corrected chi connectivity index (χ2v) is 5.97. The summed E-state index contributed by atoms with van der Waals surface area (Å²) in [6.45, 7) is 3.11. The summed E-state index contributed by atoms with van der Waals surface area (Å²) in [5.74, 6) is 1.19. The van der Waals surface area contributed by atoms with Crippen LogP contribution in [0.25, 0.3) is 0 Å². The molecule has 1 aromatic carbocycles. The van der Waals surface area contributed by atoms with Crippen LogP contribution in [0, 0.1) is 0 Å². The molecule has 1 aromatic rings. The SMILES string of the molecule is CNCc1cc(Cl)ccc1N(C)C(C)CCSC. The van der Waals surface area contributed by atoms with Crippen molar-refractivity contribution in [3.63, 3.8) is 0 Å². The van der Waals surface area contributed by atoms with Crippen molar-refractivity contribution < 1.29 is 0 Å². The maximum Gasteiger partial charge on any atom is 0.0412 e. The highest BCUT2D eigenvalue weighted by Crippen LogP contribution is 2.25. The highest BCUT2D eigenvalue weighted by Gasteiger charge is 2.13. The van der Waals surface area contributed by atoms with Crippen molar-refractivity contribution in [2.75, 3.05) is 31.0 Å². The fourth-order valence-electron chi connectivity index (χ4n) is 1.95. The molecule has 1 unspecified atom stereocenters. The molecule has 0 spiro atoms. The van der Waals surface area contributed by atoms with Crippen LogP contribution in [0.1, 0.15) is 18.9 Å². The summed E-state index contributed by atoms with van der Waals surface area (Å²) >= 11 is 7.97. The lowest BCUT2D eigenvalue weighted by molar-refractivity contribution is 0.664. The molecular weight excluding hydrogens is 264 g/mol. The number of halogens is 1. The molecular formula is C14H23ClN2S. The number of anilines is 1. The fourth-order valence-corrected chi connectivity index (χ4v) is 2.72. The number of nitrogens with one attached hydrogen (secondary N) is 1. The van der Waals surface area contributed by atoms with Gasteiger partial charge in [-0.2, -0.15) is 11.8 Å². The summed E-state index contributed by atoms with van der Waals surface area (Å²) < 4.78 is 0. The maximum atomic E-state index is 6.07. The van der Waals surface area contributed by atoms with Gasteiger partial charge in [-0.1, -0.05) is 11.6 Å². The molecule has 0 amide bonds. The molecule has 102 valence electrons. The fraction of sp³-hybridized carbons (Fsp3) is 0.571. The zero-order chi connectivity index (χ0) is 13.5. The predicted octanol–water partition coefficient (Wildman–Crippen LogP) is 3.64. The van der Waals surface area contributed by atoms with Crippen molar-refractivity contribution in [2.24, 2.45) is 0 Å². The number of thioether (sulfide) groups is 1. The van der Waals surface area contributed by atoms with E-state index in [4.69, 9.17) is 11.6 Å². The normalized spacial score (nSPS) is 12.5. The van der Waals surface area contributed by atoms with Gasteiger partial charge in [0.05, 0.1) is 0 Å². The molecule has 0 radical (unpaired) electrons. The molecule has 0 bridgehead atoms. The average molecular weight is 287 g/mol. The molecule has 0 fully saturated rings. The Labute approximate surface area is 120 Å². The van der Waals surface area contributed by atoms with E-state index < -0.39 is 0 Å². The Morgan fingerprint density at radius 2 is 2.17 bits per heavy atom. The van der Waals surface area contributed by atoms with Gasteiger partial charge in [0, 0.05) is 30.3 Å². The lowest BCUT2D eigenvalue weighted by Crippen LogP contribution is -2.30. The Morgan fingerprint density at radius 3 is 2.78 bits per heavy atom. The van der Waals surface area contributed by atoms with Crippen molar-refractivity contribution in [3.05, 3.63) is 28.8 Å². The first-order chi connectivity index (χ1) is 8.60. The molecule has 0 heterocycles. The minimum absolute atomic E-state index is 0.536. The van der Waals surface area contributed by atoms with E-state index in [9.17, 15) is 0 Å². The third-order valence-corrected chi connectivity index (χ3v) is 4.07.